The van der Waals surface area contributed by atoms with Crippen LogP contribution >= 0.6 is 0 Å². The maximum absolute atomic E-state index is 13.0. The highest BCUT2D eigenvalue weighted by atomic mass is 19.1. The average molecular weight is 346 g/mol. The number of carbonyl (C=O) groups excluding carboxylic acids is 1. The van der Waals surface area contributed by atoms with Crippen molar-refractivity contribution in [3.05, 3.63) is 48.0 Å². The Hall–Kier alpha value is -2.41. The van der Waals surface area contributed by atoms with Crippen molar-refractivity contribution in [1.82, 2.24) is 20.4 Å². The molecule has 134 valence electrons. The molecule has 0 saturated carbocycles. The number of aromatic nitrogens is 2. The molecule has 1 aliphatic rings. The molecule has 1 unspecified atom stereocenters. The molecule has 1 amide bonds. The maximum atomic E-state index is 13.0. The molecule has 7 heteroatoms. The number of ether oxygens (including phenoxy) is 1. The van der Waals surface area contributed by atoms with Crippen LogP contribution in [-0.4, -0.2) is 53.8 Å². The molecule has 1 aromatic carbocycles. The van der Waals surface area contributed by atoms with E-state index >= 15 is 0 Å². The van der Waals surface area contributed by atoms with E-state index in [1.165, 1.54) is 12.1 Å². The van der Waals surface area contributed by atoms with Gasteiger partial charge >= 0.3 is 0 Å². The van der Waals surface area contributed by atoms with E-state index in [2.05, 4.69) is 20.4 Å². The summed E-state index contributed by atoms with van der Waals surface area (Å²) in [5.41, 5.74) is 1.13. The Balaban J connectivity index is 1.36. The van der Waals surface area contributed by atoms with Crippen LogP contribution in [0.1, 0.15) is 24.5 Å². The zero-order valence-electron chi connectivity index (χ0n) is 14.1. The lowest BCUT2D eigenvalue weighted by molar-refractivity contribution is -0.122. The number of hydrogen-bond donors (Lipinski definition) is 2. The number of piperidine rings is 1. The van der Waals surface area contributed by atoms with Gasteiger partial charge in [0.05, 0.1) is 13.1 Å². The maximum Gasteiger partial charge on any atom is 0.234 e. The van der Waals surface area contributed by atoms with E-state index in [4.69, 9.17) is 4.74 Å². The monoisotopic (exact) mass is 346 g/mol. The number of nitrogens with zero attached hydrogens (tertiary/aromatic N) is 2. The molecule has 25 heavy (non-hydrogen) atoms. The van der Waals surface area contributed by atoms with Gasteiger partial charge in [-0.25, -0.2) is 4.39 Å². The predicted molar refractivity (Wildman–Crippen MR) is 91.9 cm³/mol. The van der Waals surface area contributed by atoms with Gasteiger partial charge < -0.3 is 10.1 Å². The van der Waals surface area contributed by atoms with Crippen LogP contribution < -0.4 is 10.1 Å². The number of amides is 1. The smallest absolute Gasteiger partial charge is 0.234 e. The number of rotatable bonds is 7. The van der Waals surface area contributed by atoms with E-state index in [0.717, 1.165) is 31.6 Å². The first-order valence-corrected chi connectivity index (χ1v) is 8.57. The van der Waals surface area contributed by atoms with Crippen molar-refractivity contribution in [2.45, 2.75) is 18.8 Å². The quantitative estimate of drug-likeness (QED) is 0.752. The Morgan fingerprint density at radius 2 is 2.36 bits per heavy atom. The molecular weight excluding hydrogens is 323 g/mol. The van der Waals surface area contributed by atoms with Crippen LogP contribution in [0.3, 0.4) is 0 Å². The SMILES string of the molecule is O=C(CN1CCCC(c2ccn[nH]2)C1)NCCOc1cccc(F)c1. The Kier molecular flexibility index (Phi) is 6.00. The molecule has 1 aliphatic heterocycles. The van der Waals surface area contributed by atoms with E-state index < -0.39 is 0 Å². The molecule has 6 nitrogen and oxygen atoms in total. The molecule has 2 heterocycles. The van der Waals surface area contributed by atoms with E-state index in [-0.39, 0.29) is 11.7 Å². The van der Waals surface area contributed by atoms with Crippen LogP contribution in [-0.2, 0) is 4.79 Å². The number of hydrogen-bond acceptors (Lipinski definition) is 4. The van der Waals surface area contributed by atoms with Gasteiger partial charge in [-0.15, -0.1) is 0 Å². The zero-order chi connectivity index (χ0) is 17.5. The van der Waals surface area contributed by atoms with E-state index in [0.29, 0.717) is 31.4 Å². The molecule has 0 spiro atoms. The third-order valence-corrected chi connectivity index (χ3v) is 4.32. The van der Waals surface area contributed by atoms with Crippen molar-refractivity contribution in [3.8, 4) is 5.75 Å². The Labute approximate surface area is 146 Å². The van der Waals surface area contributed by atoms with Crippen molar-refractivity contribution in [3.63, 3.8) is 0 Å². The average Bonchev–Trinajstić information content (AvgIpc) is 3.14. The zero-order valence-corrected chi connectivity index (χ0v) is 14.1. The highest BCUT2D eigenvalue weighted by Gasteiger charge is 2.23. The Morgan fingerprint density at radius 3 is 3.16 bits per heavy atom. The topological polar surface area (TPSA) is 70.2 Å². The Bertz CT molecular complexity index is 677. The minimum atomic E-state index is -0.335. The first kappa shape index (κ1) is 17.4. The van der Waals surface area contributed by atoms with Gasteiger partial charge in [0.2, 0.25) is 5.91 Å². The van der Waals surface area contributed by atoms with Gasteiger partial charge in [0.1, 0.15) is 18.2 Å². The van der Waals surface area contributed by atoms with Crippen molar-refractivity contribution in [1.29, 1.82) is 0 Å². The highest BCUT2D eigenvalue weighted by Crippen LogP contribution is 2.24. The summed E-state index contributed by atoms with van der Waals surface area (Å²) in [7, 11) is 0. The summed E-state index contributed by atoms with van der Waals surface area (Å²) in [6.45, 7) is 2.87. The second kappa shape index (κ2) is 8.62. The number of H-pyrrole nitrogens is 1. The molecule has 0 aliphatic carbocycles. The van der Waals surface area contributed by atoms with Crippen LogP contribution in [0.25, 0.3) is 0 Å². The van der Waals surface area contributed by atoms with Gasteiger partial charge in [-0.05, 0) is 37.6 Å². The number of nitrogens with one attached hydrogen (secondary N) is 2. The summed E-state index contributed by atoms with van der Waals surface area (Å²) in [5.74, 6) is 0.514. The van der Waals surface area contributed by atoms with E-state index in [9.17, 15) is 9.18 Å². The molecule has 1 atom stereocenters. The minimum Gasteiger partial charge on any atom is -0.492 e. The van der Waals surface area contributed by atoms with E-state index in [1.54, 1.807) is 18.3 Å². The van der Waals surface area contributed by atoms with Crippen molar-refractivity contribution in [2.75, 3.05) is 32.8 Å². The fourth-order valence-corrected chi connectivity index (χ4v) is 3.12. The molecule has 0 radical (unpaired) electrons. The predicted octanol–water partition coefficient (Wildman–Crippen LogP) is 1.92. The largest absolute Gasteiger partial charge is 0.492 e. The number of benzene rings is 1. The van der Waals surface area contributed by atoms with Crippen LogP contribution in [0, 0.1) is 5.82 Å². The van der Waals surface area contributed by atoms with Crippen LogP contribution in [0.15, 0.2) is 36.5 Å². The molecular formula is C18H23FN4O2. The number of likely N-dealkylation sites (tertiary alicyclic amines) is 1. The van der Waals surface area contributed by atoms with Crippen LogP contribution in [0.4, 0.5) is 4.39 Å². The summed E-state index contributed by atoms with van der Waals surface area (Å²) in [5, 5.41) is 9.87. The fourth-order valence-electron chi connectivity index (χ4n) is 3.12. The van der Waals surface area contributed by atoms with Gasteiger partial charge in [0.15, 0.2) is 0 Å². The van der Waals surface area contributed by atoms with E-state index in [1.807, 2.05) is 6.07 Å². The second-order valence-corrected chi connectivity index (χ2v) is 6.24. The normalized spacial score (nSPS) is 18.0. The van der Waals surface area contributed by atoms with Crippen molar-refractivity contribution >= 4 is 5.91 Å². The van der Waals surface area contributed by atoms with Gasteiger partial charge in [-0.1, -0.05) is 6.07 Å². The first-order chi connectivity index (χ1) is 12.2. The minimum absolute atomic E-state index is 0.0203. The third-order valence-electron chi connectivity index (χ3n) is 4.32. The highest BCUT2D eigenvalue weighted by molar-refractivity contribution is 5.78. The Morgan fingerprint density at radius 1 is 1.44 bits per heavy atom. The lowest BCUT2D eigenvalue weighted by Gasteiger charge is -2.31. The van der Waals surface area contributed by atoms with Gasteiger partial charge in [0.25, 0.3) is 0 Å². The van der Waals surface area contributed by atoms with Gasteiger partial charge in [-0.2, -0.15) is 5.10 Å². The van der Waals surface area contributed by atoms with Gasteiger partial charge in [-0.3, -0.25) is 14.8 Å². The van der Waals surface area contributed by atoms with Crippen LogP contribution in [0.2, 0.25) is 0 Å². The molecule has 2 N–H and O–H groups in total. The number of carbonyl (C=O) groups is 1. The number of aromatic amines is 1. The lowest BCUT2D eigenvalue weighted by Crippen LogP contribution is -2.42. The van der Waals surface area contributed by atoms with Gasteiger partial charge in [0, 0.05) is 30.4 Å². The fraction of sp³-hybridized carbons (Fsp3) is 0.444. The summed E-state index contributed by atoms with van der Waals surface area (Å²) < 4.78 is 18.5. The summed E-state index contributed by atoms with van der Waals surface area (Å²) in [6.07, 6.45) is 3.95. The summed E-state index contributed by atoms with van der Waals surface area (Å²) in [4.78, 5) is 14.2. The standard InChI is InChI=1S/C18H23FN4O2/c19-15-4-1-5-16(11-15)25-10-8-20-18(24)13-23-9-2-3-14(12-23)17-6-7-21-22-17/h1,4-7,11,14H,2-3,8-10,12-13H2,(H,20,24)(H,21,22). The molecule has 1 fully saturated rings. The summed E-state index contributed by atoms with van der Waals surface area (Å²) in [6, 6.07) is 7.97. The second-order valence-electron chi connectivity index (χ2n) is 6.24. The number of halogens is 1. The molecule has 3 rings (SSSR count). The summed E-state index contributed by atoms with van der Waals surface area (Å²) >= 11 is 0. The molecule has 1 aromatic heterocycles. The third kappa shape index (κ3) is 5.29. The molecule has 0 bridgehead atoms. The van der Waals surface area contributed by atoms with Crippen LogP contribution in [0.5, 0.6) is 5.75 Å². The van der Waals surface area contributed by atoms with Crippen molar-refractivity contribution < 1.29 is 13.9 Å². The molecule has 1 saturated heterocycles. The van der Waals surface area contributed by atoms with Crippen molar-refractivity contribution in [2.24, 2.45) is 0 Å². The lowest BCUT2D eigenvalue weighted by atomic mass is 9.95. The first-order valence-electron chi connectivity index (χ1n) is 8.57. The molecule has 2 aromatic rings.